The maximum atomic E-state index is 12.4. The lowest BCUT2D eigenvalue weighted by atomic mass is 10.2. The van der Waals surface area contributed by atoms with E-state index in [1.54, 1.807) is 43.3 Å². The van der Waals surface area contributed by atoms with Gasteiger partial charge in [0.15, 0.2) is 11.5 Å². The molecule has 0 radical (unpaired) electrons. The first-order valence-electron chi connectivity index (χ1n) is 7.90. The lowest BCUT2D eigenvalue weighted by Gasteiger charge is -2.10. The number of ether oxygens (including phenoxy) is 2. The predicted molar refractivity (Wildman–Crippen MR) is 99.3 cm³/mol. The van der Waals surface area contributed by atoms with Crippen LogP contribution in [0.15, 0.2) is 54.9 Å². The van der Waals surface area contributed by atoms with Crippen LogP contribution in [0, 0.1) is 0 Å². The van der Waals surface area contributed by atoms with E-state index in [4.69, 9.17) is 21.1 Å². The molecule has 7 heteroatoms. The molecule has 0 atom stereocenters. The lowest BCUT2D eigenvalue weighted by molar-refractivity contribution is 0.0951. The van der Waals surface area contributed by atoms with Crippen LogP contribution in [0.2, 0.25) is 5.02 Å². The van der Waals surface area contributed by atoms with Gasteiger partial charge in [-0.15, -0.1) is 0 Å². The fraction of sp³-hybridized carbons (Fsp3) is 0.158. The number of nitrogens with one attached hydrogen (secondary N) is 1. The molecule has 0 aliphatic carbocycles. The minimum absolute atomic E-state index is 0.208. The fourth-order valence-corrected chi connectivity index (χ4v) is 2.58. The summed E-state index contributed by atoms with van der Waals surface area (Å²) in [6.45, 7) is 0.366. The smallest absolute Gasteiger partial charge is 0.254 e. The molecule has 3 aromatic rings. The van der Waals surface area contributed by atoms with E-state index in [-0.39, 0.29) is 5.91 Å². The quantitative estimate of drug-likeness (QED) is 0.720. The third-order valence-electron chi connectivity index (χ3n) is 3.84. The van der Waals surface area contributed by atoms with Gasteiger partial charge in [0.1, 0.15) is 0 Å². The van der Waals surface area contributed by atoms with Crippen LogP contribution in [-0.2, 0) is 6.54 Å². The van der Waals surface area contributed by atoms with Crippen molar-refractivity contribution in [2.45, 2.75) is 6.54 Å². The Morgan fingerprint density at radius 1 is 1.12 bits per heavy atom. The van der Waals surface area contributed by atoms with E-state index < -0.39 is 0 Å². The molecule has 26 heavy (non-hydrogen) atoms. The summed E-state index contributed by atoms with van der Waals surface area (Å²) in [7, 11) is 3.16. The van der Waals surface area contributed by atoms with Crippen molar-refractivity contribution in [1.29, 1.82) is 0 Å². The number of methoxy groups -OCH3 is 2. The zero-order valence-corrected chi connectivity index (χ0v) is 15.2. The number of hydrogen-bond acceptors (Lipinski definition) is 4. The molecule has 0 saturated carbocycles. The van der Waals surface area contributed by atoms with Crippen LogP contribution in [-0.4, -0.2) is 29.9 Å². The van der Waals surface area contributed by atoms with E-state index in [2.05, 4.69) is 10.4 Å². The first-order chi connectivity index (χ1) is 12.6. The summed E-state index contributed by atoms with van der Waals surface area (Å²) in [5.74, 6) is 1.06. The van der Waals surface area contributed by atoms with Crippen LogP contribution in [0.25, 0.3) is 5.69 Å². The van der Waals surface area contributed by atoms with Crippen molar-refractivity contribution >= 4 is 17.5 Å². The number of carbonyl (C=O) groups excluding carboxylic acids is 1. The maximum absolute atomic E-state index is 12.4. The molecule has 0 aliphatic heterocycles. The minimum Gasteiger partial charge on any atom is -0.493 e. The van der Waals surface area contributed by atoms with Gasteiger partial charge >= 0.3 is 0 Å². The monoisotopic (exact) mass is 371 g/mol. The fourth-order valence-electron chi connectivity index (χ4n) is 2.45. The van der Waals surface area contributed by atoms with E-state index in [1.807, 2.05) is 24.3 Å². The second-order valence-corrected chi connectivity index (χ2v) is 5.96. The van der Waals surface area contributed by atoms with Crippen molar-refractivity contribution in [1.82, 2.24) is 15.1 Å². The maximum Gasteiger partial charge on any atom is 0.254 e. The molecule has 0 saturated heterocycles. The van der Waals surface area contributed by atoms with Crippen LogP contribution in [0.1, 0.15) is 15.9 Å². The molecule has 0 fully saturated rings. The molecule has 0 spiro atoms. The van der Waals surface area contributed by atoms with Gasteiger partial charge in [0.25, 0.3) is 5.91 Å². The molecule has 6 nitrogen and oxygen atoms in total. The summed E-state index contributed by atoms with van der Waals surface area (Å²) in [5, 5.41) is 7.73. The van der Waals surface area contributed by atoms with E-state index in [0.29, 0.717) is 28.6 Å². The topological polar surface area (TPSA) is 65.4 Å². The van der Waals surface area contributed by atoms with Crippen LogP contribution >= 0.6 is 11.6 Å². The van der Waals surface area contributed by atoms with Crippen molar-refractivity contribution in [3.63, 3.8) is 0 Å². The predicted octanol–water partition coefficient (Wildman–Crippen LogP) is 3.47. The minimum atomic E-state index is -0.208. The molecule has 1 N–H and O–H groups in total. The summed E-state index contributed by atoms with van der Waals surface area (Å²) in [5.41, 5.74) is 2.20. The Morgan fingerprint density at radius 3 is 2.54 bits per heavy atom. The zero-order chi connectivity index (χ0) is 18.5. The van der Waals surface area contributed by atoms with Gasteiger partial charge in [0.2, 0.25) is 0 Å². The van der Waals surface area contributed by atoms with Gasteiger partial charge in [-0.25, -0.2) is 4.68 Å². The van der Waals surface area contributed by atoms with Crippen molar-refractivity contribution in [3.8, 4) is 17.2 Å². The van der Waals surface area contributed by atoms with Gasteiger partial charge in [0.05, 0.1) is 31.7 Å². The number of rotatable bonds is 6. The number of nitrogens with zero attached hydrogens (tertiary/aromatic N) is 2. The zero-order valence-electron chi connectivity index (χ0n) is 14.4. The van der Waals surface area contributed by atoms with Crippen LogP contribution in [0.5, 0.6) is 11.5 Å². The Balaban J connectivity index is 1.66. The standard InChI is InChI=1S/C19H18ClN3O3/c1-25-17-8-3-13(9-18(17)26-2)10-21-19(24)14-11-22-23(12-14)16-6-4-15(20)5-7-16/h3-9,11-12H,10H2,1-2H3,(H,21,24). The Morgan fingerprint density at radius 2 is 1.85 bits per heavy atom. The Kier molecular flexibility index (Phi) is 5.43. The van der Waals surface area contributed by atoms with Crippen LogP contribution in [0.4, 0.5) is 0 Å². The largest absolute Gasteiger partial charge is 0.493 e. The molecule has 0 unspecified atom stereocenters. The normalized spacial score (nSPS) is 10.4. The summed E-state index contributed by atoms with van der Waals surface area (Å²) in [6, 6.07) is 12.7. The van der Waals surface area contributed by atoms with Crippen molar-refractivity contribution in [2.24, 2.45) is 0 Å². The first kappa shape index (κ1) is 17.8. The van der Waals surface area contributed by atoms with Gasteiger partial charge in [-0.2, -0.15) is 5.10 Å². The average Bonchev–Trinajstić information content (AvgIpc) is 3.16. The van der Waals surface area contributed by atoms with Crippen molar-refractivity contribution < 1.29 is 14.3 Å². The number of benzene rings is 2. The van der Waals surface area contributed by atoms with Gasteiger partial charge in [-0.3, -0.25) is 4.79 Å². The molecule has 1 heterocycles. The summed E-state index contributed by atoms with van der Waals surface area (Å²) < 4.78 is 12.1. The van der Waals surface area contributed by atoms with E-state index in [1.165, 1.54) is 6.20 Å². The van der Waals surface area contributed by atoms with E-state index in [0.717, 1.165) is 11.3 Å². The average molecular weight is 372 g/mol. The van der Waals surface area contributed by atoms with Gasteiger partial charge in [-0.1, -0.05) is 17.7 Å². The SMILES string of the molecule is COc1ccc(CNC(=O)c2cnn(-c3ccc(Cl)cc3)c2)cc1OC. The second-order valence-electron chi connectivity index (χ2n) is 5.52. The number of carbonyl (C=O) groups is 1. The third-order valence-corrected chi connectivity index (χ3v) is 4.09. The second kappa shape index (κ2) is 7.93. The lowest BCUT2D eigenvalue weighted by Crippen LogP contribution is -2.22. The molecule has 1 aromatic heterocycles. The number of amides is 1. The molecule has 2 aromatic carbocycles. The van der Waals surface area contributed by atoms with Crippen LogP contribution < -0.4 is 14.8 Å². The third kappa shape index (κ3) is 3.97. The summed E-state index contributed by atoms with van der Waals surface area (Å²) >= 11 is 5.88. The molecule has 0 aliphatic rings. The van der Waals surface area contributed by atoms with Gasteiger partial charge in [-0.05, 0) is 42.0 Å². The highest BCUT2D eigenvalue weighted by Crippen LogP contribution is 2.27. The number of halogens is 1. The first-order valence-corrected chi connectivity index (χ1v) is 8.28. The molecular formula is C19H18ClN3O3. The highest BCUT2D eigenvalue weighted by atomic mass is 35.5. The Labute approximate surface area is 156 Å². The Hall–Kier alpha value is -2.99. The highest BCUT2D eigenvalue weighted by Gasteiger charge is 2.10. The van der Waals surface area contributed by atoms with E-state index in [9.17, 15) is 4.79 Å². The molecule has 0 bridgehead atoms. The molecule has 1 amide bonds. The van der Waals surface area contributed by atoms with Crippen molar-refractivity contribution in [3.05, 3.63) is 71.0 Å². The Bertz CT molecular complexity index is 907. The van der Waals surface area contributed by atoms with Gasteiger partial charge in [0, 0.05) is 17.8 Å². The number of aromatic nitrogens is 2. The van der Waals surface area contributed by atoms with Crippen molar-refractivity contribution in [2.75, 3.05) is 14.2 Å². The molecular weight excluding hydrogens is 354 g/mol. The summed E-state index contributed by atoms with van der Waals surface area (Å²) in [4.78, 5) is 12.4. The summed E-state index contributed by atoms with van der Waals surface area (Å²) in [6.07, 6.45) is 3.20. The molecule has 134 valence electrons. The van der Waals surface area contributed by atoms with E-state index >= 15 is 0 Å². The van der Waals surface area contributed by atoms with Crippen LogP contribution in [0.3, 0.4) is 0 Å². The molecule has 3 rings (SSSR count). The highest BCUT2D eigenvalue weighted by molar-refractivity contribution is 6.30. The van der Waals surface area contributed by atoms with Gasteiger partial charge < -0.3 is 14.8 Å². The number of hydrogen-bond donors (Lipinski definition) is 1.